The second kappa shape index (κ2) is 10.6. The highest BCUT2D eigenvalue weighted by Gasteiger charge is 2.33. The molecule has 5 rings (SSSR count). The minimum absolute atomic E-state index is 0.0261. The fraction of sp³-hybridized carbons (Fsp3) is 0.333. The van der Waals surface area contributed by atoms with Crippen molar-refractivity contribution < 1.29 is 28.6 Å². The molecule has 0 radical (unpaired) electrons. The molecule has 0 spiro atoms. The van der Waals surface area contributed by atoms with Crippen LogP contribution in [0.1, 0.15) is 22.5 Å². The summed E-state index contributed by atoms with van der Waals surface area (Å²) in [5.74, 6) is 1.00. The third kappa shape index (κ3) is 5.28. The number of methoxy groups -OCH3 is 1. The Morgan fingerprint density at radius 1 is 1.16 bits per heavy atom. The Morgan fingerprint density at radius 2 is 2.00 bits per heavy atom. The first-order chi connectivity index (χ1) is 18.4. The van der Waals surface area contributed by atoms with Crippen LogP contribution in [0.5, 0.6) is 11.5 Å². The van der Waals surface area contributed by atoms with Crippen molar-refractivity contribution in [3.8, 4) is 17.4 Å². The molecule has 198 valence electrons. The first-order valence-corrected chi connectivity index (χ1v) is 11.8. The summed E-state index contributed by atoms with van der Waals surface area (Å²) in [6.07, 6.45) is 4.21. The maximum absolute atomic E-state index is 12.9. The van der Waals surface area contributed by atoms with E-state index in [2.05, 4.69) is 20.3 Å². The number of imidazole rings is 1. The molecule has 38 heavy (non-hydrogen) atoms. The van der Waals surface area contributed by atoms with E-state index in [-0.39, 0.29) is 50.4 Å². The second-order valence-electron chi connectivity index (χ2n) is 8.68. The van der Waals surface area contributed by atoms with E-state index in [1.807, 2.05) is 17.0 Å². The van der Waals surface area contributed by atoms with Crippen LogP contribution < -0.4 is 25.4 Å². The average molecular weight is 523 g/mol. The molecular formula is C24H26N8O6. The summed E-state index contributed by atoms with van der Waals surface area (Å²) >= 11 is 0. The highest BCUT2D eigenvalue weighted by molar-refractivity contribution is 5.91. The summed E-state index contributed by atoms with van der Waals surface area (Å²) in [7, 11) is 1.30. The van der Waals surface area contributed by atoms with Gasteiger partial charge >= 0.3 is 6.09 Å². The van der Waals surface area contributed by atoms with E-state index < -0.39 is 18.0 Å². The van der Waals surface area contributed by atoms with Crippen molar-refractivity contribution in [1.82, 2.24) is 29.7 Å². The fourth-order valence-corrected chi connectivity index (χ4v) is 4.34. The number of piperazine rings is 1. The number of rotatable bonds is 7. The first-order valence-electron chi connectivity index (χ1n) is 11.8. The van der Waals surface area contributed by atoms with Gasteiger partial charge in [0.1, 0.15) is 17.8 Å². The fourth-order valence-electron chi connectivity index (χ4n) is 4.34. The molecule has 0 saturated carbocycles. The number of primary amides is 1. The summed E-state index contributed by atoms with van der Waals surface area (Å²) in [6.45, 7) is 1.40. The van der Waals surface area contributed by atoms with Gasteiger partial charge in [0.2, 0.25) is 18.6 Å². The average Bonchev–Trinajstić information content (AvgIpc) is 3.63. The van der Waals surface area contributed by atoms with Crippen LogP contribution in [0.15, 0.2) is 43.0 Å². The summed E-state index contributed by atoms with van der Waals surface area (Å²) in [5, 5.41) is 2.89. The van der Waals surface area contributed by atoms with Crippen LogP contribution in [-0.2, 0) is 16.1 Å². The number of fused-ring (bicyclic) bond motifs is 1. The maximum Gasteiger partial charge on any atom is 0.409 e. The normalized spacial score (nSPS) is 16.3. The molecule has 3 amide bonds. The Hall–Kier alpha value is -4.88. The van der Waals surface area contributed by atoms with Crippen molar-refractivity contribution in [2.45, 2.75) is 19.0 Å². The van der Waals surface area contributed by atoms with Gasteiger partial charge in [-0.2, -0.15) is 4.98 Å². The van der Waals surface area contributed by atoms with Gasteiger partial charge in [-0.25, -0.2) is 14.8 Å². The zero-order valence-corrected chi connectivity index (χ0v) is 20.6. The third-order valence-electron chi connectivity index (χ3n) is 6.25. The number of carbonyl (C=O) groups excluding carboxylic acids is 3. The zero-order valence-electron chi connectivity index (χ0n) is 20.6. The van der Waals surface area contributed by atoms with Crippen LogP contribution >= 0.6 is 0 Å². The highest BCUT2D eigenvalue weighted by Crippen LogP contribution is 2.32. The van der Waals surface area contributed by atoms with Gasteiger partial charge in [0.05, 0.1) is 13.2 Å². The molecule has 14 heteroatoms. The second-order valence-corrected chi connectivity index (χ2v) is 8.68. The number of anilines is 1. The van der Waals surface area contributed by atoms with E-state index in [0.29, 0.717) is 23.9 Å². The molecule has 0 bridgehead atoms. The molecule has 3 N–H and O–H groups in total. The molecule has 2 aromatic heterocycles. The van der Waals surface area contributed by atoms with Crippen molar-refractivity contribution in [3.63, 3.8) is 0 Å². The van der Waals surface area contributed by atoms with E-state index in [9.17, 15) is 14.4 Å². The first kappa shape index (κ1) is 24.8. The summed E-state index contributed by atoms with van der Waals surface area (Å²) in [6, 6.07) is 6.43. The SMILES string of the molecule is COC(=O)N1CCN(c2cc(C(N)=O)nc(-n3ccnc3)n2)CC1CC(=O)NCc1ccc2c(c1)OCO2. The minimum Gasteiger partial charge on any atom is -0.454 e. The molecule has 1 aromatic carbocycles. The minimum atomic E-state index is -0.706. The summed E-state index contributed by atoms with van der Waals surface area (Å²) < 4.78 is 17.2. The highest BCUT2D eigenvalue weighted by atomic mass is 16.7. The Morgan fingerprint density at radius 3 is 2.76 bits per heavy atom. The predicted octanol–water partition coefficient (Wildman–Crippen LogP) is 0.453. The van der Waals surface area contributed by atoms with Crippen LogP contribution in [-0.4, -0.2) is 81.9 Å². The van der Waals surface area contributed by atoms with Gasteiger partial charge in [-0.05, 0) is 17.7 Å². The number of hydrogen-bond acceptors (Lipinski definition) is 10. The Kier molecular flexibility index (Phi) is 6.93. The molecule has 2 aliphatic rings. The van der Waals surface area contributed by atoms with Crippen molar-refractivity contribution in [2.24, 2.45) is 5.73 Å². The largest absolute Gasteiger partial charge is 0.454 e. The number of ether oxygens (including phenoxy) is 3. The molecule has 2 aliphatic heterocycles. The Labute approximate surface area is 217 Å². The number of benzene rings is 1. The number of nitrogens with one attached hydrogen (secondary N) is 1. The predicted molar refractivity (Wildman–Crippen MR) is 132 cm³/mol. The molecule has 1 saturated heterocycles. The molecule has 1 fully saturated rings. The van der Waals surface area contributed by atoms with Gasteiger partial charge in [0.15, 0.2) is 11.5 Å². The van der Waals surface area contributed by atoms with E-state index in [1.54, 1.807) is 23.0 Å². The van der Waals surface area contributed by atoms with Crippen LogP contribution in [0, 0.1) is 0 Å². The lowest BCUT2D eigenvalue weighted by atomic mass is 10.1. The van der Waals surface area contributed by atoms with E-state index in [4.69, 9.17) is 19.9 Å². The van der Waals surface area contributed by atoms with E-state index >= 15 is 0 Å². The van der Waals surface area contributed by atoms with Crippen molar-refractivity contribution >= 4 is 23.7 Å². The standard InChI is InChI=1S/C24H26N8O6/c1-36-24(35)32-7-6-30(20-10-17(22(25)34)28-23(29-20)31-5-4-26-13-31)12-16(32)9-21(33)27-11-15-2-3-18-19(8-15)38-14-37-18/h2-5,8,10,13,16H,6-7,9,11-12,14H2,1H3,(H2,25,34)(H,27,33). The number of aromatic nitrogens is 4. The third-order valence-corrected chi connectivity index (χ3v) is 6.25. The topological polar surface area (TPSA) is 167 Å². The molecule has 1 unspecified atom stereocenters. The molecule has 1 atom stereocenters. The number of carbonyl (C=O) groups is 3. The lowest BCUT2D eigenvalue weighted by Gasteiger charge is -2.40. The summed E-state index contributed by atoms with van der Waals surface area (Å²) in [5.41, 5.74) is 6.39. The van der Waals surface area contributed by atoms with E-state index in [1.165, 1.54) is 24.4 Å². The monoisotopic (exact) mass is 522 g/mol. The Balaban J connectivity index is 1.31. The molecule has 3 aromatic rings. The molecule has 0 aliphatic carbocycles. The lowest BCUT2D eigenvalue weighted by molar-refractivity contribution is -0.122. The number of nitrogens with two attached hydrogens (primary N) is 1. The molecular weight excluding hydrogens is 496 g/mol. The van der Waals surface area contributed by atoms with Gasteiger partial charge in [0.25, 0.3) is 5.91 Å². The summed E-state index contributed by atoms with van der Waals surface area (Å²) in [4.78, 5) is 53.5. The van der Waals surface area contributed by atoms with Gasteiger partial charge in [-0.3, -0.25) is 14.2 Å². The van der Waals surface area contributed by atoms with Crippen LogP contribution in [0.3, 0.4) is 0 Å². The molecule has 14 nitrogen and oxygen atoms in total. The van der Waals surface area contributed by atoms with Crippen LogP contribution in [0.4, 0.5) is 10.6 Å². The van der Waals surface area contributed by atoms with Crippen molar-refractivity contribution in [1.29, 1.82) is 0 Å². The van der Waals surface area contributed by atoms with Crippen LogP contribution in [0.25, 0.3) is 5.95 Å². The number of hydrogen-bond donors (Lipinski definition) is 2. The van der Waals surface area contributed by atoms with Gasteiger partial charge < -0.3 is 35.1 Å². The Bertz CT molecular complexity index is 1350. The number of nitrogens with zero attached hydrogens (tertiary/aromatic N) is 6. The van der Waals surface area contributed by atoms with Gasteiger partial charge in [-0.1, -0.05) is 6.07 Å². The van der Waals surface area contributed by atoms with Crippen molar-refractivity contribution in [3.05, 3.63) is 54.2 Å². The van der Waals surface area contributed by atoms with E-state index in [0.717, 1.165) is 5.56 Å². The quantitative estimate of drug-likeness (QED) is 0.445. The van der Waals surface area contributed by atoms with Gasteiger partial charge in [-0.15, -0.1) is 0 Å². The molecule has 4 heterocycles. The smallest absolute Gasteiger partial charge is 0.409 e. The maximum atomic E-state index is 12.9. The van der Waals surface area contributed by atoms with Crippen LogP contribution in [0.2, 0.25) is 0 Å². The number of amides is 3. The zero-order chi connectivity index (χ0) is 26.6. The lowest BCUT2D eigenvalue weighted by Crippen LogP contribution is -2.56. The van der Waals surface area contributed by atoms with Crippen molar-refractivity contribution in [2.75, 3.05) is 38.4 Å². The van der Waals surface area contributed by atoms with Gasteiger partial charge in [0, 0.05) is 51.1 Å².